The van der Waals surface area contributed by atoms with Gasteiger partial charge >= 0.3 is 0 Å². The molecule has 0 saturated carbocycles. The van der Waals surface area contributed by atoms with Crippen LogP contribution in [0.25, 0.3) is 0 Å². The highest BCUT2D eigenvalue weighted by Gasteiger charge is 2.25. The van der Waals surface area contributed by atoms with Gasteiger partial charge in [-0.3, -0.25) is 4.90 Å². The smallest absolute Gasteiger partial charge is 0.0126 e. The van der Waals surface area contributed by atoms with E-state index < -0.39 is 0 Å². The maximum Gasteiger partial charge on any atom is 0.0126 e. The van der Waals surface area contributed by atoms with E-state index in [1.807, 2.05) is 0 Å². The first kappa shape index (κ1) is 15.0. The second kappa shape index (κ2) is 5.71. The highest BCUT2D eigenvalue weighted by atomic mass is 15.3. The first-order valence-corrected chi connectivity index (χ1v) is 7.16. The van der Waals surface area contributed by atoms with Crippen molar-refractivity contribution in [1.82, 2.24) is 9.80 Å². The normalized spacial score (nSPS) is 20.8. The van der Waals surface area contributed by atoms with Crippen molar-refractivity contribution in [2.45, 2.75) is 59.9 Å². The summed E-state index contributed by atoms with van der Waals surface area (Å²) in [5, 5.41) is 0. The van der Waals surface area contributed by atoms with Gasteiger partial charge in [-0.05, 0) is 45.6 Å². The lowest BCUT2D eigenvalue weighted by atomic mass is 9.90. The zero-order chi connectivity index (χ0) is 13.1. The van der Waals surface area contributed by atoms with E-state index in [0.717, 1.165) is 0 Å². The third kappa shape index (κ3) is 5.87. The summed E-state index contributed by atoms with van der Waals surface area (Å²) in [5.74, 6) is 0. The second-order valence-electron chi connectivity index (χ2n) is 7.66. The Balaban J connectivity index is 2.20. The van der Waals surface area contributed by atoms with Crippen LogP contribution in [0, 0.1) is 5.41 Å². The fourth-order valence-corrected chi connectivity index (χ4v) is 2.48. The Morgan fingerprint density at radius 1 is 0.824 bits per heavy atom. The number of rotatable bonds is 3. The van der Waals surface area contributed by atoms with Gasteiger partial charge in [-0.25, -0.2) is 0 Å². The number of nitrogens with zero attached hydrogens (tertiary/aromatic N) is 2. The number of hydrogen-bond donors (Lipinski definition) is 0. The molecule has 0 aromatic carbocycles. The lowest BCUT2D eigenvalue weighted by molar-refractivity contribution is 0.0605. The summed E-state index contributed by atoms with van der Waals surface area (Å²) >= 11 is 0. The van der Waals surface area contributed by atoms with Crippen molar-refractivity contribution in [2.24, 2.45) is 5.41 Å². The monoisotopic (exact) mass is 240 g/mol. The Kier molecular flexibility index (Phi) is 5.03. The minimum Gasteiger partial charge on any atom is -0.301 e. The first-order chi connectivity index (χ1) is 7.68. The molecular formula is C15H32N2. The summed E-state index contributed by atoms with van der Waals surface area (Å²) in [7, 11) is 0. The molecule has 0 amide bonds. The third-order valence-corrected chi connectivity index (χ3v) is 3.72. The van der Waals surface area contributed by atoms with Crippen molar-refractivity contribution in [1.29, 1.82) is 0 Å². The van der Waals surface area contributed by atoms with E-state index in [0.29, 0.717) is 11.0 Å². The van der Waals surface area contributed by atoms with Gasteiger partial charge in [-0.1, -0.05) is 20.8 Å². The molecule has 2 nitrogen and oxygen atoms in total. The molecule has 17 heavy (non-hydrogen) atoms. The molecule has 2 heteroatoms. The molecule has 0 N–H and O–H groups in total. The van der Waals surface area contributed by atoms with Crippen LogP contribution < -0.4 is 0 Å². The third-order valence-electron chi connectivity index (χ3n) is 3.72. The second-order valence-corrected chi connectivity index (χ2v) is 7.66. The predicted octanol–water partition coefficient (Wildman–Crippen LogP) is 3.23. The molecule has 1 fully saturated rings. The summed E-state index contributed by atoms with van der Waals surface area (Å²) < 4.78 is 0. The Labute approximate surface area is 108 Å². The molecule has 1 rings (SSSR count). The quantitative estimate of drug-likeness (QED) is 0.747. The standard InChI is InChI=1S/C15H32N2/c1-14(2,3)8-7-9-16-10-12-17(13-11-16)15(4,5)6/h7-13H2,1-6H3. The maximum absolute atomic E-state index is 2.63. The molecule has 0 atom stereocenters. The summed E-state index contributed by atoms with van der Waals surface area (Å²) in [4.78, 5) is 5.24. The summed E-state index contributed by atoms with van der Waals surface area (Å²) in [6.45, 7) is 20.2. The van der Waals surface area contributed by atoms with E-state index >= 15 is 0 Å². The first-order valence-electron chi connectivity index (χ1n) is 7.16. The molecule has 102 valence electrons. The molecule has 0 unspecified atom stereocenters. The highest BCUT2D eigenvalue weighted by molar-refractivity contribution is 4.81. The van der Waals surface area contributed by atoms with Crippen LogP contribution in [0.3, 0.4) is 0 Å². The van der Waals surface area contributed by atoms with Crippen LogP contribution >= 0.6 is 0 Å². The van der Waals surface area contributed by atoms with Gasteiger partial charge < -0.3 is 4.90 Å². The van der Waals surface area contributed by atoms with E-state index in [1.165, 1.54) is 45.6 Å². The molecule has 1 saturated heterocycles. The van der Waals surface area contributed by atoms with Crippen LogP contribution in [-0.4, -0.2) is 48.1 Å². The van der Waals surface area contributed by atoms with Crippen LogP contribution in [0.1, 0.15) is 54.4 Å². The van der Waals surface area contributed by atoms with Gasteiger partial charge in [0.15, 0.2) is 0 Å². The molecule has 0 aromatic rings. The van der Waals surface area contributed by atoms with E-state index in [2.05, 4.69) is 51.3 Å². The van der Waals surface area contributed by atoms with E-state index in [1.54, 1.807) is 0 Å². The molecule has 0 aromatic heterocycles. The Hall–Kier alpha value is -0.0800. The minimum atomic E-state index is 0.345. The van der Waals surface area contributed by atoms with E-state index in [9.17, 15) is 0 Å². The molecule has 0 spiro atoms. The maximum atomic E-state index is 2.63. The zero-order valence-corrected chi connectivity index (χ0v) is 12.8. The largest absolute Gasteiger partial charge is 0.301 e. The van der Waals surface area contributed by atoms with Gasteiger partial charge in [-0.15, -0.1) is 0 Å². The molecule has 0 radical (unpaired) electrons. The van der Waals surface area contributed by atoms with Gasteiger partial charge in [0.2, 0.25) is 0 Å². The summed E-state index contributed by atoms with van der Waals surface area (Å²) in [6, 6.07) is 0. The topological polar surface area (TPSA) is 6.48 Å². The molecular weight excluding hydrogens is 208 g/mol. The Bertz CT molecular complexity index is 211. The number of piperazine rings is 1. The molecule has 1 heterocycles. The molecule has 1 aliphatic heterocycles. The van der Waals surface area contributed by atoms with Crippen molar-refractivity contribution in [3.8, 4) is 0 Å². The minimum absolute atomic E-state index is 0.345. The van der Waals surface area contributed by atoms with E-state index in [4.69, 9.17) is 0 Å². The van der Waals surface area contributed by atoms with Crippen LogP contribution in [0.2, 0.25) is 0 Å². The summed E-state index contributed by atoms with van der Waals surface area (Å²) in [5.41, 5.74) is 0.838. The lowest BCUT2D eigenvalue weighted by Crippen LogP contribution is -2.53. The van der Waals surface area contributed by atoms with Gasteiger partial charge in [0.25, 0.3) is 0 Å². The average Bonchev–Trinajstić information content (AvgIpc) is 2.15. The fraction of sp³-hybridized carbons (Fsp3) is 1.00. The average molecular weight is 240 g/mol. The zero-order valence-electron chi connectivity index (χ0n) is 12.8. The molecule has 0 aliphatic carbocycles. The molecule has 1 aliphatic rings. The van der Waals surface area contributed by atoms with E-state index in [-0.39, 0.29) is 0 Å². The predicted molar refractivity (Wildman–Crippen MR) is 76.5 cm³/mol. The van der Waals surface area contributed by atoms with Crippen LogP contribution in [0.5, 0.6) is 0 Å². The summed E-state index contributed by atoms with van der Waals surface area (Å²) in [6.07, 6.45) is 2.69. The van der Waals surface area contributed by atoms with Crippen molar-refractivity contribution in [3.05, 3.63) is 0 Å². The number of hydrogen-bond acceptors (Lipinski definition) is 2. The van der Waals surface area contributed by atoms with Crippen LogP contribution in [0.4, 0.5) is 0 Å². The Morgan fingerprint density at radius 3 is 1.76 bits per heavy atom. The SMILES string of the molecule is CC(C)(C)CCCN1CCN(C(C)(C)C)CC1. The van der Waals surface area contributed by atoms with Crippen molar-refractivity contribution < 1.29 is 0 Å². The lowest BCUT2D eigenvalue weighted by Gasteiger charge is -2.42. The fourth-order valence-electron chi connectivity index (χ4n) is 2.48. The van der Waals surface area contributed by atoms with Gasteiger partial charge in [0.05, 0.1) is 0 Å². The van der Waals surface area contributed by atoms with Crippen molar-refractivity contribution in [2.75, 3.05) is 32.7 Å². The highest BCUT2D eigenvalue weighted by Crippen LogP contribution is 2.21. The van der Waals surface area contributed by atoms with Gasteiger partial charge in [0.1, 0.15) is 0 Å². The van der Waals surface area contributed by atoms with Crippen molar-refractivity contribution >= 4 is 0 Å². The Morgan fingerprint density at radius 2 is 1.35 bits per heavy atom. The van der Waals surface area contributed by atoms with Gasteiger partial charge in [-0.2, -0.15) is 0 Å². The van der Waals surface area contributed by atoms with Crippen LogP contribution in [-0.2, 0) is 0 Å². The molecule has 0 bridgehead atoms. The van der Waals surface area contributed by atoms with Gasteiger partial charge in [0, 0.05) is 31.7 Å². The van der Waals surface area contributed by atoms with Crippen molar-refractivity contribution in [3.63, 3.8) is 0 Å². The van der Waals surface area contributed by atoms with Crippen LogP contribution in [0.15, 0.2) is 0 Å².